The summed E-state index contributed by atoms with van der Waals surface area (Å²) in [4.78, 5) is 12.5. The summed E-state index contributed by atoms with van der Waals surface area (Å²) in [5.41, 5.74) is 2.48. The summed E-state index contributed by atoms with van der Waals surface area (Å²) >= 11 is 5.76. The van der Waals surface area contributed by atoms with Crippen LogP contribution in [0.2, 0.25) is 5.28 Å². The summed E-state index contributed by atoms with van der Waals surface area (Å²) in [6, 6.07) is 13.7. The molecule has 3 rings (SSSR count). The van der Waals surface area contributed by atoms with E-state index < -0.39 is 0 Å². The summed E-state index contributed by atoms with van der Waals surface area (Å²) in [7, 11) is 0. The highest BCUT2D eigenvalue weighted by Crippen LogP contribution is 2.19. The number of pyridine rings is 1. The van der Waals surface area contributed by atoms with Crippen molar-refractivity contribution in [2.75, 3.05) is 0 Å². The molecule has 0 amide bonds. The molecule has 0 radical (unpaired) electrons. The standard InChI is InChI=1S/C13H8ClN3/c14-13-15-8-7-12(17-13)11-6-5-9-3-1-2-4-10(9)16-11/h1-8H. The van der Waals surface area contributed by atoms with Crippen molar-refractivity contribution in [3.05, 3.63) is 53.9 Å². The van der Waals surface area contributed by atoms with E-state index in [9.17, 15) is 0 Å². The molecule has 82 valence electrons. The molecule has 3 aromatic rings. The van der Waals surface area contributed by atoms with E-state index in [1.165, 1.54) is 0 Å². The Labute approximate surface area is 103 Å². The summed E-state index contributed by atoms with van der Waals surface area (Å²) < 4.78 is 0. The number of hydrogen-bond acceptors (Lipinski definition) is 3. The first-order valence-electron chi connectivity index (χ1n) is 5.18. The van der Waals surface area contributed by atoms with Gasteiger partial charge in [-0.15, -0.1) is 0 Å². The maximum absolute atomic E-state index is 5.76. The van der Waals surface area contributed by atoms with Crippen LogP contribution in [0.15, 0.2) is 48.7 Å². The molecule has 0 unspecified atom stereocenters. The number of benzene rings is 1. The third-order valence-electron chi connectivity index (χ3n) is 2.49. The molecule has 2 aromatic heterocycles. The summed E-state index contributed by atoms with van der Waals surface area (Å²) in [5.74, 6) is 0. The normalized spacial score (nSPS) is 10.6. The number of hydrogen-bond donors (Lipinski definition) is 0. The fourth-order valence-corrected chi connectivity index (χ4v) is 1.83. The predicted molar refractivity (Wildman–Crippen MR) is 67.8 cm³/mol. The van der Waals surface area contributed by atoms with Crippen molar-refractivity contribution in [1.82, 2.24) is 15.0 Å². The van der Waals surface area contributed by atoms with E-state index in [2.05, 4.69) is 15.0 Å². The zero-order chi connectivity index (χ0) is 11.7. The molecular formula is C13H8ClN3. The largest absolute Gasteiger partial charge is 0.246 e. The van der Waals surface area contributed by atoms with Crippen LogP contribution >= 0.6 is 11.6 Å². The van der Waals surface area contributed by atoms with Gasteiger partial charge in [0.2, 0.25) is 5.28 Å². The molecule has 3 nitrogen and oxygen atoms in total. The predicted octanol–water partition coefficient (Wildman–Crippen LogP) is 3.35. The molecule has 0 fully saturated rings. The minimum Gasteiger partial charge on any atom is -0.246 e. The molecule has 0 N–H and O–H groups in total. The van der Waals surface area contributed by atoms with Gasteiger partial charge in [-0.3, -0.25) is 0 Å². The zero-order valence-electron chi connectivity index (χ0n) is 8.84. The number of nitrogens with zero attached hydrogens (tertiary/aromatic N) is 3. The molecule has 0 spiro atoms. The third kappa shape index (κ3) is 1.97. The summed E-state index contributed by atoms with van der Waals surface area (Å²) in [6.45, 7) is 0. The van der Waals surface area contributed by atoms with Crippen LogP contribution in [0.25, 0.3) is 22.3 Å². The van der Waals surface area contributed by atoms with Crippen molar-refractivity contribution in [3.8, 4) is 11.4 Å². The number of rotatable bonds is 1. The molecule has 17 heavy (non-hydrogen) atoms. The Morgan fingerprint density at radius 3 is 2.53 bits per heavy atom. The average molecular weight is 242 g/mol. The van der Waals surface area contributed by atoms with Crippen molar-refractivity contribution in [2.24, 2.45) is 0 Å². The van der Waals surface area contributed by atoms with Gasteiger partial charge in [0, 0.05) is 11.6 Å². The van der Waals surface area contributed by atoms with Crippen molar-refractivity contribution in [2.45, 2.75) is 0 Å². The van der Waals surface area contributed by atoms with Gasteiger partial charge in [-0.1, -0.05) is 24.3 Å². The minimum absolute atomic E-state index is 0.234. The zero-order valence-corrected chi connectivity index (χ0v) is 9.59. The Hall–Kier alpha value is -2.00. The van der Waals surface area contributed by atoms with Gasteiger partial charge in [0.25, 0.3) is 0 Å². The van der Waals surface area contributed by atoms with Crippen molar-refractivity contribution in [1.29, 1.82) is 0 Å². The molecule has 0 saturated heterocycles. The van der Waals surface area contributed by atoms with Crippen LogP contribution in [-0.2, 0) is 0 Å². The van der Waals surface area contributed by atoms with Crippen LogP contribution < -0.4 is 0 Å². The molecule has 1 aromatic carbocycles. The lowest BCUT2D eigenvalue weighted by Crippen LogP contribution is -1.90. The van der Waals surface area contributed by atoms with Crippen LogP contribution in [-0.4, -0.2) is 15.0 Å². The molecular weight excluding hydrogens is 234 g/mol. The number of para-hydroxylation sites is 1. The molecule has 0 atom stereocenters. The topological polar surface area (TPSA) is 38.7 Å². The van der Waals surface area contributed by atoms with Gasteiger partial charge in [-0.05, 0) is 29.8 Å². The van der Waals surface area contributed by atoms with Crippen LogP contribution in [0.4, 0.5) is 0 Å². The quantitative estimate of drug-likeness (QED) is 0.614. The second kappa shape index (κ2) is 4.11. The smallest absolute Gasteiger partial charge is 0.222 e. The van der Waals surface area contributed by atoms with Gasteiger partial charge in [-0.2, -0.15) is 0 Å². The highest BCUT2D eigenvalue weighted by atomic mass is 35.5. The SMILES string of the molecule is Clc1nccc(-c2ccc3ccccc3n2)n1. The van der Waals surface area contributed by atoms with E-state index in [1.807, 2.05) is 36.4 Å². The molecule has 0 saturated carbocycles. The minimum atomic E-state index is 0.234. The van der Waals surface area contributed by atoms with Crippen LogP contribution in [0.3, 0.4) is 0 Å². The average Bonchev–Trinajstić information content (AvgIpc) is 2.38. The van der Waals surface area contributed by atoms with Gasteiger partial charge >= 0.3 is 0 Å². The van der Waals surface area contributed by atoms with Crippen LogP contribution in [0, 0.1) is 0 Å². The maximum Gasteiger partial charge on any atom is 0.222 e. The Balaban J connectivity index is 2.18. The third-order valence-corrected chi connectivity index (χ3v) is 2.67. The van der Waals surface area contributed by atoms with Crippen LogP contribution in [0.5, 0.6) is 0 Å². The second-order valence-electron chi connectivity index (χ2n) is 3.60. The Kier molecular flexibility index (Phi) is 2.46. The maximum atomic E-state index is 5.76. The Morgan fingerprint density at radius 2 is 1.65 bits per heavy atom. The molecule has 4 heteroatoms. The molecule has 2 heterocycles. The van der Waals surface area contributed by atoms with E-state index in [0.717, 1.165) is 22.3 Å². The van der Waals surface area contributed by atoms with Crippen LogP contribution in [0.1, 0.15) is 0 Å². The highest BCUT2D eigenvalue weighted by molar-refractivity contribution is 6.28. The van der Waals surface area contributed by atoms with E-state index in [4.69, 9.17) is 11.6 Å². The molecule has 0 aliphatic heterocycles. The Morgan fingerprint density at radius 1 is 0.824 bits per heavy atom. The van der Waals surface area contributed by atoms with Crippen molar-refractivity contribution in [3.63, 3.8) is 0 Å². The van der Waals surface area contributed by atoms with Crippen molar-refractivity contribution < 1.29 is 0 Å². The fraction of sp³-hybridized carbons (Fsp3) is 0. The molecule has 0 aliphatic rings. The van der Waals surface area contributed by atoms with Gasteiger partial charge in [-0.25, -0.2) is 15.0 Å². The van der Waals surface area contributed by atoms with Gasteiger partial charge < -0.3 is 0 Å². The first kappa shape index (κ1) is 10.2. The monoisotopic (exact) mass is 241 g/mol. The van der Waals surface area contributed by atoms with Gasteiger partial charge in [0.15, 0.2) is 0 Å². The van der Waals surface area contributed by atoms with E-state index in [0.29, 0.717) is 0 Å². The molecule has 0 aliphatic carbocycles. The summed E-state index contributed by atoms with van der Waals surface area (Å²) in [6.07, 6.45) is 1.63. The summed E-state index contributed by atoms with van der Waals surface area (Å²) in [5, 5.41) is 1.34. The molecule has 0 bridgehead atoms. The first-order chi connectivity index (χ1) is 8.33. The fourth-order valence-electron chi connectivity index (χ4n) is 1.69. The lowest BCUT2D eigenvalue weighted by molar-refractivity contribution is 1.16. The second-order valence-corrected chi connectivity index (χ2v) is 3.94. The van der Waals surface area contributed by atoms with E-state index >= 15 is 0 Å². The number of aromatic nitrogens is 3. The number of fused-ring (bicyclic) bond motifs is 1. The lowest BCUT2D eigenvalue weighted by atomic mass is 10.2. The lowest BCUT2D eigenvalue weighted by Gasteiger charge is -2.02. The Bertz CT molecular complexity index is 682. The van der Waals surface area contributed by atoms with Crippen molar-refractivity contribution >= 4 is 22.5 Å². The van der Waals surface area contributed by atoms with Gasteiger partial charge in [0.05, 0.1) is 16.9 Å². The first-order valence-corrected chi connectivity index (χ1v) is 5.55. The van der Waals surface area contributed by atoms with Gasteiger partial charge in [0.1, 0.15) is 0 Å². The van der Waals surface area contributed by atoms with E-state index in [1.54, 1.807) is 12.3 Å². The number of halogens is 1. The van der Waals surface area contributed by atoms with E-state index in [-0.39, 0.29) is 5.28 Å². The highest BCUT2D eigenvalue weighted by Gasteiger charge is 2.03.